The zero-order valence-corrected chi connectivity index (χ0v) is 15.6. The predicted molar refractivity (Wildman–Crippen MR) is 92.2 cm³/mol. The Bertz CT molecular complexity index is 953. The van der Waals surface area contributed by atoms with Crippen LogP contribution in [0.3, 0.4) is 0 Å². The van der Waals surface area contributed by atoms with Gasteiger partial charge in [-0.15, -0.1) is 23.4 Å². The molecular formula is C17H19F3N4O3S. The third-order valence-electron chi connectivity index (χ3n) is 4.91. The van der Waals surface area contributed by atoms with Gasteiger partial charge in [0.05, 0.1) is 4.90 Å². The molecule has 2 aliphatic rings. The maximum Gasteiger partial charge on any atom is 0.573 e. The lowest BCUT2D eigenvalue weighted by molar-refractivity contribution is -0.274. The van der Waals surface area contributed by atoms with Gasteiger partial charge in [0.25, 0.3) is 0 Å². The highest BCUT2D eigenvalue weighted by atomic mass is 32.2. The first-order chi connectivity index (χ1) is 13.2. The molecule has 1 unspecified atom stereocenters. The van der Waals surface area contributed by atoms with E-state index in [1.807, 2.05) is 0 Å². The smallest absolute Gasteiger partial charge is 0.406 e. The van der Waals surface area contributed by atoms with E-state index in [1.54, 1.807) is 0 Å². The van der Waals surface area contributed by atoms with Gasteiger partial charge in [0, 0.05) is 24.9 Å². The molecule has 11 heteroatoms. The maximum atomic E-state index is 12.6. The first-order valence-corrected chi connectivity index (χ1v) is 10.5. The van der Waals surface area contributed by atoms with E-state index in [9.17, 15) is 21.6 Å². The second-order valence-electron chi connectivity index (χ2n) is 7.07. The van der Waals surface area contributed by atoms with Gasteiger partial charge in [-0.25, -0.2) is 13.1 Å². The minimum atomic E-state index is -4.82. The van der Waals surface area contributed by atoms with Crippen LogP contribution >= 0.6 is 0 Å². The largest absolute Gasteiger partial charge is 0.573 e. The predicted octanol–water partition coefficient (Wildman–Crippen LogP) is 2.74. The molecule has 0 amide bonds. The summed E-state index contributed by atoms with van der Waals surface area (Å²) in [5, 5.41) is 8.50. The normalized spacial score (nSPS) is 20.5. The first-order valence-electron chi connectivity index (χ1n) is 9.01. The van der Waals surface area contributed by atoms with E-state index in [2.05, 4.69) is 24.2 Å². The zero-order valence-electron chi connectivity index (χ0n) is 14.8. The third kappa shape index (κ3) is 4.30. The fraction of sp³-hybridized carbons (Fsp3) is 0.529. The highest BCUT2D eigenvalue weighted by Crippen LogP contribution is 2.39. The number of aromatic nitrogens is 3. The number of nitrogens with one attached hydrogen (secondary N) is 1. The number of ether oxygens (including phenoxy) is 1. The Morgan fingerprint density at radius 3 is 2.43 bits per heavy atom. The Hall–Kier alpha value is -2.14. The lowest BCUT2D eigenvalue weighted by Crippen LogP contribution is -2.35. The Morgan fingerprint density at radius 1 is 1.07 bits per heavy atom. The summed E-state index contributed by atoms with van der Waals surface area (Å²) in [6, 6.07) is 3.88. The number of benzene rings is 1. The standard InChI is InChI=1S/C17H19F3N4O3S/c18-17(19,20)27-13-4-6-14(7-5-13)28(25,26)23-12-3-8-15-21-22-16(11-1-2-11)24(15)10-9-12/h4-7,11-12,23H,1-3,8-10H2. The Balaban J connectivity index is 1.42. The zero-order chi connectivity index (χ0) is 19.9. The number of halogens is 3. The van der Waals surface area contributed by atoms with Gasteiger partial charge in [-0.3, -0.25) is 0 Å². The number of nitrogens with zero attached hydrogens (tertiary/aromatic N) is 3. The first kappa shape index (κ1) is 19.2. The molecule has 2 aromatic rings. The molecule has 152 valence electrons. The molecule has 0 bridgehead atoms. The Labute approximate surface area is 160 Å². The molecule has 4 rings (SSSR count). The molecule has 1 aromatic heterocycles. The van der Waals surface area contributed by atoms with Crippen molar-refractivity contribution in [3.05, 3.63) is 35.9 Å². The van der Waals surface area contributed by atoms with Crippen LogP contribution in [0, 0.1) is 0 Å². The van der Waals surface area contributed by atoms with Gasteiger partial charge in [0.1, 0.15) is 17.4 Å². The van der Waals surface area contributed by atoms with Crippen LogP contribution in [-0.2, 0) is 23.0 Å². The molecule has 0 radical (unpaired) electrons. The molecule has 1 atom stereocenters. The van der Waals surface area contributed by atoms with Gasteiger partial charge >= 0.3 is 6.36 Å². The van der Waals surface area contributed by atoms with Crippen LogP contribution < -0.4 is 9.46 Å². The van der Waals surface area contributed by atoms with Crippen LogP contribution in [0.15, 0.2) is 29.2 Å². The molecule has 0 saturated heterocycles. The average Bonchev–Trinajstić information content (AvgIpc) is 3.40. The van der Waals surface area contributed by atoms with Crippen molar-refractivity contribution in [1.82, 2.24) is 19.5 Å². The van der Waals surface area contributed by atoms with Crippen molar-refractivity contribution in [3.63, 3.8) is 0 Å². The summed E-state index contributed by atoms with van der Waals surface area (Å²) >= 11 is 0. The summed E-state index contributed by atoms with van der Waals surface area (Å²) in [5.74, 6) is 1.86. The van der Waals surface area contributed by atoms with Crippen LogP contribution in [0.25, 0.3) is 0 Å². The van der Waals surface area contributed by atoms with Crippen molar-refractivity contribution in [2.45, 2.75) is 61.9 Å². The minimum Gasteiger partial charge on any atom is -0.406 e. The van der Waals surface area contributed by atoms with E-state index in [4.69, 9.17) is 0 Å². The highest BCUT2D eigenvalue weighted by molar-refractivity contribution is 7.89. The summed E-state index contributed by atoms with van der Waals surface area (Å²) in [7, 11) is -3.85. The third-order valence-corrected chi connectivity index (χ3v) is 6.44. The summed E-state index contributed by atoms with van der Waals surface area (Å²) in [4.78, 5) is -0.107. The lowest BCUT2D eigenvalue weighted by atomic mass is 10.1. The highest BCUT2D eigenvalue weighted by Gasteiger charge is 2.33. The van der Waals surface area contributed by atoms with E-state index in [0.29, 0.717) is 31.7 Å². The van der Waals surface area contributed by atoms with E-state index < -0.39 is 22.1 Å². The average molecular weight is 416 g/mol. The van der Waals surface area contributed by atoms with E-state index >= 15 is 0 Å². The maximum absolute atomic E-state index is 12.6. The number of rotatable bonds is 5. The van der Waals surface area contributed by atoms with Crippen LogP contribution in [-0.4, -0.2) is 35.6 Å². The number of aryl methyl sites for hydroxylation is 1. The van der Waals surface area contributed by atoms with Gasteiger partial charge in [-0.2, -0.15) is 0 Å². The van der Waals surface area contributed by atoms with Crippen molar-refractivity contribution in [2.75, 3.05) is 0 Å². The Kier molecular flexibility index (Phi) is 4.82. The monoisotopic (exact) mass is 416 g/mol. The van der Waals surface area contributed by atoms with Crippen molar-refractivity contribution < 1.29 is 26.3 Å². The summed E-state index contributed by atoms with van der Waals surface area (Å²) < 4.78 is 70.4. The molecule has 0 spiro atoms. The fourth-order valence-electron chi connectivity index (χ4n) is 3.38. The van der Waals surface area contributed by atoms with Gasteiger partial charge in [-0.05, 0) is 49.9 Å². The summed E-state index contributed by atoms with van der Waals surface area (Å²) in [5.41, 5.74) is 0. The molecule has 1 saturated carbocycles. The number of sulfonamides is 1. The molecular weight excluding hydrogens is 397 g/mol. The van der Waals surface area contributed by atoms with Gasteiger partial charge in [0.2, 0.25) is 10.0 Å². The quantitative estimate of drug-likeness (QED) is 0.810. The van der Waals surface area contributed by atoms with Gasteiger partial charge < -0.3 is 9.30 Å². The molecule has 1 N–H and O–H groups in total. The van der Waals surface area contributed by atoms with Crippen molar-refractivity contribution in [3.8, 4) is 5.75 Å². The van der Waals surface area contributed by atoms with Crippen LogP contribution in [0.5, 0.6) is 5.75 Å². The molecule has 28 heavy (non-hydrogen) atoms. The van der Waals surface area contributed by atoms with Crippen LogP contribution in [0.4, 0.5) is 13.2 Å². The van der Waals surface area contributed by atoms with E-state index in [-0.39, 0.29) is 10.9 Å². The molecule has 1 aliphatic carbocycles. The molecule has 2 heterocycles. The minimum absolute atomic E-state index is 0.107. The topological polar surface area (TPSA) is 86.1 Å². The number of fused-ring (bicyclic) bond motifs is 1. The molecule has 1 aliphatic heterocycles. The second-order valence-corrected chi connectivity index (χ2v) is 8.78. The molecule has 7 nitrogen and oxygen atoms in total. The lowest BCUT2D eigenvalue weighted by Gasteiger charge is -2.17. The Morgan fingerprint density at radius 2 is 1.79 bits per heavy atom. The summed E-state index contributed by atoms with van der Waals surface area (Å²) in [6.07, 6.45) is -0.802. The van der Waals surface area contributed by atoms with Crippen molar-refractivity contribution >= 4 is 10.0 Å². The number of alkyl halides is 3. The molecule has 1 fully saturated rings. The van der Waals surface area contributed by atoms with E-state index in [1.165, 1.54) is 0 Å². The molecule has 1 aromatic carbocycles. The van der Waals surface area contributed by atoms with Crippen LogP contribution in [0.2, 0.25) is 0 Å². The summed E-state index contributed by atoms with van der Waals surface area (Å²) in [6.45, 7) is 0.639. The van der Waals surface area contributed by atoms with E-state index in [0.717, 1.165) is 48.8 Å². The number of hydrogen-bond donors (Lipinski definition) is 1. The van der Waals surface area contributed by atoms with Gasteiger partial charge in [-0.1, -0.05) is 0 Å². The van der Waals surface area contributed by atoms with Crippen molar-refractivity contribution in [1.29, 1.82) is 0 Å². The van der Waals surface area contributed by atoms with Crippen molar-refractivity contribution in [2.24, 2.45) is 0 Å². The SMILES string of the molecule is O=S(=O)(NC1CCc2nnc(C3CC3)n2CC1)c1ccc(OC(F)(F)F)cc1. The fourth-order valence-corrected chi connectivity index (χ4v) is 4.68. The van der Waals surface area contributed by atoms with Crippen LogP contribution in [0.1, 0.15) is 43.3 Å². The van der Waals surface area contributed by atoms with Gasteiger partial charge in [0.15, 0.2) is 0 Å². The second kappa shape index (κ2) is 7.03. The number of hydrogen-bond acceptors (Lipinski definition) is 5.